The van der Waals surface area contributed by atoms with E-state index < -0.39 is 0 Å². The summed E-state index contributed by atoms with van der Waals surface area (Å²) in [6.45, 7) is 7.63. The third-order valence-electron chi connectivity index (χ3n) is 5.21. The molecule has 1 atom stereocenters. The summed E-state index contributed by atoms with van der Waals surface area (Å²) < 4.78 is 0. The molecule has 1 saturated heterocycles. The van der Waals surface area contributed by atoms with Crippen molar-refractivity contribution in [1.82, 2.24) is 0 Å². The SMILES string of the molecule is CCCC1=C(CC)C(=O)C=C2N(c3ccccc3)CCC21C. The summed E-state index contributed by atoms with van der Waals surface area (Å²) in [7, 11) is 0. The van der Waals surface area contributed by atoms with Crippen LogP contribution in [0.3, 0.4) is 0 Å². The fourth-order valence-electron chi connectivity index (χ4n) is 4.06. The molecule has 2 aliphatic rings. The Morgan fingerprint density at radius 2 is 1.91 bits per heavy atom. The first-order chi connectivity index (χ1) is 10.6. The minimum atomic E-state index is 0.0328. The number of benzene rings is 1. The van der Waals surface area contributed by atoms with E-state index in [1.807, 2.05) is 12.1 Å². The third-order valence-corrected chi connectivity index (χ3v) is 5.21. The average Bonchev–Trinajstić information content (AvgIpc) is 2.86. The summed E-state index contributed by atoms with van der Waals surface area (Å²) in [5.74, 6) is 0.223. The van der Waals surface area contributed by atoms with Crippen molar-refractivity contribution >= 4 is 11.5 Å². The van der Waals surface area contributed by atoms with Crippen molar-refractivity contribution in [3.63, 3.8) is 0 Å². The second-order valence-electron chi connectivity index (χ2n) is 6.52. The number of hydrogen-bond acceptors (Lipinski definition) is 2. The van der Waals surface area contributed by atoms with Crippen molar-refractivity contribution in [2.24, 2.45) is 5.41 Å². The van der Waals surface area contributed by atoms with E-state index in [2.05, 4.69) is 49.9 Å². The van der Waals surface area contributed by atoms with E-state index in [1.165, 1.54) is 17.0 Å². The molecule has 0 N–H and O–H groups in total. The van der Waals surface area contributed by atoms with Gasteiger partial charge in [-0.3, -0.25) is 4.79 Å². The third kappa shape index (κ3) is 2.22. The lowest BCUT2D eigenvalue weighted by atomic mass is 9.70. The van der Waals surface area contributed by atoms with Crippen LogP contribution in [-0.2, 0) is 4.79 Å². The fraction of sp³-hybridized carbons (Fsp3) is 0.450. The molecule has 3 rings (SSSR count). The van der Waals surface area contributed by atoms with Crippen LogP contribution in [0.25, 0.3) is 0 Å². The Hall–Kier alpha value is -1.83. The zero-order chi connectivity index (χ0) is 15.7. The molecule has 1 aromatic rings. The maximum atomic E-state index is 12.6. The summed E-state index contributed by atoms with van der Waals surface area (Å²) in [5, 5.41) is 0. The molecule has 0 spiro atoms. The predicted molar refractivity (Wildman–Crippen MR) is 91.8 cm³/mol. The Bertz CT molecular complexity index is 641. The Morgan fingerprint density at radius 1 is 1.18 bits per heavy atom. The van der Waals surface area contributed by atoms with Gasteiger partial charge in [-0.05, 0) is 37.0 Å². The molecular formula is C20H25NO. The second-order valence-corrected chi connectivity index (χ2v) is 6.52. The molecule has 2 heteroatoms. The van der Waals surface area contributed by atoms with Gasteiger partial charge in [-0.15, -0.1) is 0 Å². The molecule has 0 bridgehead atoms. The van der Waals surface area contributed by atoms with Gasteiger partial charge in [0, 0.05) is 29.4 Å². The minimum Gasteiger partial charge on any atom is -0.344 e. The summed E-state index contributed by atoms with van der Waals surface area (Å²) in [5.41, 5.74) is 4.87. The number of fused-ring (bicyclic) bond motifs is 1. The monoisotopic (exact) mass is 295 g/mol. The Morgan fingerprint density at radius 3 is 2.55 bits per heavy atom. The lowest BCUT2D eigenvalue weighted by Crippen LogP contribution is -2.30. The lowest BCUT2D eigenvalue weighted by Gasteiger charge is -2.36. The highest BCUT2D eigenvalue weighted by atomic mass is 16.1. The topological polar surface area (TPSA) is 20.3 Å². The molecule has 1 heterocycles. The molecule has 116 valence electrons. The fourth-order valence-corrected chi connectivity index (χ4v) is 4.06. The summed E-state index contributed by atoms with van der Waals surface area (Å²) in [4.78, 5) is 14.9. The summed E-state index contributed by atoms with van der Waals surface area (Å²) in [6, 6.07) is 10.4. The number of rotatable bonds is 4. The lowest BCUT2D eigenvalue weighted by molar-refractivity contribution is -0.111. The molecule has 2 nitrogen and oxygen atoms in total. The first-order valence-electron chi connectivity index (χ1n) is 8.43. The highest BCUT2D eigenvalue weighted by molar-refractivity contribution is 6.07. The number of hydrogen-bond donors (Lipinski definition) is 0. The van der Waals surface area contributed by atoms with Gasteiger partial charge in [0.15, 0.2) is 5.78 Å². The van der Waals surface area contributed by atoms with Crippen molar-refractivity contribution in [1.29, 1.82) is 0 Å². The van der Waals surface area contributed by atoms with Gasteiger partial charge in [0.25, 0.3) is 0 Å². The van der Waals surface area contributed by atoms with Crippen LogP contribution in [0.15, 0.2) is 53.3 Å². The van der Waals surface area contributed by atoms with Gasteiger partial charge in [0.1, 0.15) is 0 Å². The minimum absolute atomic E-state index is 0.0328. The normalized spacial score (nSPS) is 24.6. The highest BCUT2D eigenvalue weighted by Crippen LogP contribution is 2.52. The number of anilines is 1. The molecule has 22 heavy (non-hydrogen) atoms. The van der Waals surface area contributed by atoms with Crippen molar-refractivity contribution in [3.05, 3.63) is 53.3 Å². The van der Waals surface area contributed by atoms with Crippen molar-refractivity contribution < 1.29 is 4.79 Å². The van der Waals surface area contributed by atoms with Crippen molar-refractivity contribution in [2.75, 3.05) is 11.4 Å². The molecule has 0 amide bonds. The molecule has 1 fully saturated rings. The largest absolute Gasteiger partial charge is 0.344 e. The average molecular weight is 295 g/mol. The van der Waals surface area contributed by atoms with E-state index in [1.54, 1.807) is 0 Å². The second kappa shape index (κ2) is 5.75. The smallest absolute Gasteiger partial charge is 0.183 e. The van der Waals surface area contributed by atoms with Crippen LogP contribution in [-0.4, -0.2) is 12.3 Å². The Kier molecular flexibility index (Phi) is 3.94. The molecule has 1 unspecified atom stereocenters. The van der Waals surface area contributed by atoms with Crippen molar-refractivity contribution in [3.8, 4) is 0 Å². The van der Waals surface area contributed by atoms with E-state index in [4.69, 9.17) is 0 Å². The van der Waals surface area contributed by atoms with Crippen LogP contribution in [0.5, 0.6) is 0 Å². The number of allylic oxidation sites excluding steroid dienone is 3. The zero-order valence-corrected chi connectivity index (χ0v) is 13.9. The first kappa shape index (κ1) is 15.1. The van der Waals surface area contributed by atoms with E-state index in [0.29, 0.717) is 0 Å². The molecule has 0 aromatic heterocycles. The van der Waals surface area contributed by atoms with Crippen LogP contribution >= 0.6 is 0 Å². The van der Waals surface area contributed by atoms with Crippen LogP contribution in [0.2, 0.25) is 0 Å². The maximum Gasteiger partial charge on any atom is 0.183 e. The number of para-hydroxylation sites is 1. The molecule has 0 radical (unpaired) electrons. The Labute approximate surface area is 133 Å². The molecule has 1 aliphatic heterocycles. The number of carbonyl (C=O) groups is 1. The van der Waals surface area contributed by atoms with Crippen LogP contribution in [0, 0.1) is 5.41 Å². The molecular weight excluding hydrogens is 270 g/mol. The molecule has 1 aromatic carbocycles. The van der Waals surface area contributed by atoms with E-state index in [0.717, 1.165) is 37.8 Å². The van der Waals surface area contributed by atoms with Crippen LogP contribution < -0.4 is 4.90 Å². The van der Waals surface area contributed by atoms with Crippen LogP contribution in [0.1, 0.15) is 46.5 Å². The number of carbonyl (C=O) groups excluding carboxylic acids is 1. The van der Waals surface area contributed by atoms with Gasteiger partial charge >= 0.3 is 0 Å². The van der Waals surface area contributed by atoms with Gasteiger partial charge in [-0.2, -0.15) is 0 Å². The first-order valence-corrected chi connectivity index (χ1v) is 8.43. The van der Waals surface area contributed by atoms with E-state index in [-0.39, 0.29) is 11.2 Å². The predicted octanol–water partition coefficient (Wildman–Crippen LogP) is 4.88. The van der Waals surface area contributed by atoms with Crippen molar-refractivity contribution in [2.45, 2.75) is 46.5 Å². The standard InChI is InChI=1S/C20H25NO/c1-4-9-17-16(5-2)18(22)14-19-20(17,3)12-13-21(19)15-10-7-6-8-11-15/h6-8,10-11,14H,4-5,9,12-13H2,1-3H3. The van der Waals surface area contributed by atoms with Gasteiger partial charge < -0.3 is 4.90 Å². The highest BCUT2D eigenvalue weighted by Gasteiger charge is 2.45. The van der Waals surface area contributed by atoms with Gasteiger partial charge in [0.05, 0.1) is 0 Å². The molecule has 1 aliphatic carbocycles. The van der Waals surface area contributed by atoms with Gasteiger partial charge in [-0.25, -0.2) is 0 Å². The quantitative estimate of drug-likeness (QED) is 0.789. The van der Waals surface area contributed by atoms with Crippen LogP contribution in [0.4, 0.5) is 5.69 Å². The molecule has 0 saturated carbocycles. The maximum absolute atomic E-state index is 12.6. The number of ketones is 1. The summed E-state index contributed by atoms with van der Waals surface area (Å²) in [6.07, 6.45) is 5.97. The summed E-state index contributed by atoms with van der Waals surface area (Å²) >= 11 is 0. The van der Waals surface area contributed by atoms with Gasteiger partial charge in [0.2, 0.25) is 0 Å². The van der Waals surface area contributed by atoms with E-state index in [9.17, 15) is 4.79 Å². The zero-order valence-electron chi connectivity index (χ0n) is 13.9. The number of nitrogens with zero attached hydrogens (tertiary/aromatic N) is 1. The van der Waals surface area contributed by atoms with Gasteiger partial charge in [-0.1, -0.05) is 51.0 Å². The Balaban J connectivity index is 2.06. The van der Waals surface area contributed by atoms with E-state index >= 15 is 0 Å².